The van der Waals surface area contributed by atoms with Crippen LogP contribution >= 0.6 is 12.2 Å². The molecule has 1 saturated carbocycles. The molecule has 0 radical (unpaired) electrons. The number of rotatable bonds is 5. The number of pyridine rings is 1. The van der Waals surface area contributed by atoms with Gasteiger partial charge >= 0.3 is 0 Å². The minimum absolute atomic E-state index is 0.0386. The molecule has 2 bridgehead atoms. The third kappa shape index (κ3) is 6.03. The zero-order valence-corrected chi connectivity index (χ0v) is 24.7. The molecule has 1 saturated heterocycles. The Kier molecular flexibility index (Phi) is 7.84. The zero-order chi connectivity index (χ0) is 28.5. The third-order valence-corrected chi connectivity index (χ3v) is 9.24. The summed E-state index contributed by atoms with van der Waals surface area (Å²) in [6.07, 6.45) is 6.75. The Morgan fingerprint density at radius 3 is 2.54 bits per heavy atom. The molecule has 8 heteroatoms. The van der Waals surface area contributed by atoms with Crippen LogP contribution in [0.15, 0.2) is 59.4 Å². The van der Waals surface area contributed by atoms with Gasteiger partial charge in [0.2, 0.25) is 0 Å². The van der Waals surface area contributed by atoms with Crippen LogP contribution in [0.2, 0.25) is 0 Å². The predicted molar refractivity (Wildman–Crippen MR) is 170 cm³/mol. The molecule has 3 aliphatic rings. The maximum Gasteiger partial charge on any atom is 0.251 e. The van der Waals surface area contributed by atoms with Gasteiger partial charge in [-0.1, -0.05) is 31.4 Å². The molecular formula is C33H39N5O2S. The Hall–Kier alpha value is -3.65. The van der Waals surface area contributed by atoms with E-state index in [9.17, 15) is 9.59 Å². The number of amides is 1. The second-order valence-electron chi connectivity index (χ2n) is 12.0. The number of nitrogens with zero attached hydrogens (tertiary/aromatic N) is 2. The number of aryl methyl sites for hydroxylation is 2. The van der Waals surface area contributed by atoms with E-state index in [1.165, 1.54) is 30.4 Å². The Morgan fingerprint density at radius 1 is 0.902 bits per heavy atom. The average Bonchev–Trinajstić information content (AvgIpc) is 2.96. The topological polar surface area (TPSA) is 78.4 Å². The summed E-state index contributed by atoms with van der Waals surface area (Å²) in [7, 11) is 0. The molecule has 3 heterocycles. The molecule has 0 spiro atoms. The Morgan fingerprint density at radius 2 is 1.73 bits per heavy atom. The van der Waals surface area contributed by atoms with E-state index in [1.54, 1.807) is 6.07 Å². The highest BCUT2D eigenvalue weighted by Crippen LogP contribution is 2.39. The van der Waals surface area contributed by atoms with E-state index in [-0.39, 0.29) is 23.4 Å². The lowest BCUT2D eigenvalue weighted by Crippen LogP contribution is -2.47. The molecule has 2 atom stereocenters. The van der Waals surface area contributed by atoms with Gasteiger partial charge in [0.25, 0.3) is 11.5 Å². The third-order valence-electron chi connectivity index (χ3n) is 9.03. The van der Waals surface area contributed by atoms with Crippen LogP contribution < -0.4 is 26.4 Å². The first-order chi connectivity index (χ1) is 19.8. The second-order valence-corrected chi connectivity index (χ2v) is 12.4. The standard InChI is InChI=1S/C33H39N5O2S/c1-21-11-13-27(15-22(21)2)35-33(41)36-28-17-24(32(40)34-26-7-4-3-5-8-26)12-14-30(28)37-18-23-16-25(20-37)29-9-6-10-31(39)38(29)19-23/h6,9-15,17,23,25-26H,3-5,7-8,16,18-20H2,1-2H3,(H,34,40)(H2,35,36,41). The monoisotopic (exact) mass is 569 g/mol. The van der Waals surface area contributed by atoms with Crippen molar-refractivity contribution in [3.8, 4) is 0 Å². The molecule has 2 unspecified atom stereocenters. The molecule has 214 valence electrons. The molecule has 7 nitrogen and oxygen atoms in total. The minimum atomic E-state index is -0.0386. The highest BCUT2D eigenvalue weighted by Gasteiger charge is 2.35. The maximum atomic E-state index is 13.3. The summed E-state index contributed by atoms with van der Waals surface area (Å²) >= 11 is 5.76. The maximum absolute atomic E-state index is 13.3. The van der Waals surface area contributed by atoms with Crippen molar-refractivity contribution in [1.29, 1.82) is 0 Å². The minimum Gasteiger partial charge on any atom is -0.369 e. The molecule has 1 amide bonds. The average molecular weight is 570 g/mol. The van der Waals surface area contributed by atoms with E-state index < -0.39 is 0 Å². The van der Waals surface area contributed by atoms with Crippen LogP contribution in [0, 0.1) is 19.8 Å². The first-order valence-corrected chi connectivity index (χ1v) is 15.3. The quantitative estimate of drug-likeness (QED) is 0.329. The molecule has 41 heavy (non-hydrogen) atoms. The lowest BCUT2D eigenvalue weighted by atomic mass is 9.83. The van der Waals surface area contributed by atoms with Crippen molar-refractivity contribution in [1.82, 2.24) is 9.88 Å². The summed E-state index contributed by atoms with van der Waals surface area (Å²) in [5, 5.41) is 10.5. The van der Waals surface area contributed by atoms with Gasteiger partial charge in [-0.2, -0.15) is 0 Å². The van der Waals surface area contributed by atoms with Crippen molar-refractivity contribution >= 4 is 40.3 Å². The fraction of sp³-hybridized carbons (Fsp3) is 0.424. The summed E-state index contributed by atoms with van der Waals surface area (Å²) in [4.78, 5) is 28.2. The summed E-state index contributed by atoms with van der Waals surface area (Å²) in [5.41, 5.74) is 7.01. The number of piperidine rings is 1. The number of carbonyl (C=O) groups is 1. The van der Waals surface area contributed by atoms with E-state index >= 15 is 0 Å². The van der Waals surface area contributed by atoms with Gasteiger partial charge in [-0.3, -0.25) is 9.59 Å². The molecule has 2 aliphatic heterocycles. The van der Waals surface area contributed by atoms with Crippen LogP contribution in [0.25, 0.3) is 0 Å². The normalized spacial score (nSPS) is 20.2. The smallest absolute Gasteiger partial charge is 0.251 e. The lowest BCUT2D eigenvalue weighted by Gasteiger charge is -2.44. The highest BCUT2D eigenvalue weighted by atomic mass is 32.1. The number of benzene rings is 2. The number of hydrogen-bond acceptors (Lipinski definition) is 4. The van der Waals surface area contributed by atoms with Gasteiger partial charge in [0.05, 0.1) is 11.4 Å². The molecule has 3 aromatic rings. The van der Waals surface area contributed by atoms with Crippen LogP contribution in [0.4, 0.5) is 17.1 Å². The fourth-order valence-corrected chi connectivity index (χ4v) is 6.99. The first-order valence-electron chi connectivity index (χ1n) is 14.9. The number of hydrogen-bond donors (Lipinski definition) is 3. The van der Waals surface area contributed by atoms with Crippen molar-refractivity contribution in [3.05, 3.63) is 87.3 Å². The Balaban J connectivity index is 1.27. The van der Waals surface area contributed by atoms with Gasteiger partial charge in [-0.25, -0.2) is 0 Å². The number of thiocarbonyl (C=S) groups is 1. The lowest BCUT2D eigenvalue weighted by molar-refractivity contribution is 0.0927. The number of carbonyl (C=O) groups excluding carboxylic acids is 1. The number of anilines is 3. The molecule has 3 N–H and O–H groups in total. The van der Waals surface area contributed by atoms with Crippen LogP contribution in [0.3, 0.4) is 0 Å². The van der Waals surface area contributed by atoms with Crippen LogP contribution in [-0.2, 0) is 6.54 Å². The van der Waals surface area contributed by atoms with Crippen LogP contribution in [0.1, 0.15) is 71.6 Å². The Labute approximate surface area is 247 Å². The highest BCUT2D eigenvalue weighted by molar-refractivity contribution is 7.80. The van der Waals surface area contributed by atoms with Crippen LogP contribution in [-0.4, -0.2) is 34.7 Å². The largest absolute Gasteiger partial charge is 0.369 e. The summed E-state index contributed by atoms with van der Waals surface area (Å²) < 4.78 is 1.96. The first kappa shape index (κ1) is 27.5. The van der Waals surface area contributed by atoms with Crippen molar-refractivity contribution < 1.29 is 4.79 Å². The van der Waals surface area contributed by atoms with E-state index in [1.807, 2.05) is 28.8 Å². The summed E-state index contributed by atoms with van der Waals surface area (Å²) in [6.45, 7) is 6.56. The summed E-state index contributed by atoms with van der Waals surface area (Å²) in [5.74, 6) is 0.617. The van der Waals surface area contributed by atoms with Gasteiger partial charge in [-0.15, -0.1) is 0 Å². The van der Waals surface area contributed by atoms with Gasteiger partial charge < -0.3 is 25.4 Å². The van der Waals surface area contributed by atoms with Crippen molar-refractivity contribution in [2.24, 2.45) is 5.92 Å². The molecule has 1 aliphatic carbocycles. The Bertz CT molecular complexity index is 1530. The van der Waals surface area contributed by atoms with Crippen LogP contribution in [0.5, 0.6) is 0 Å². The van der Waals surface area contributed by atoms with Crippen molar-refractivity contribution in [2.45, 2.75) is 70.9 Å². The number of fused-ring (bicyclic) bond motifs is 4. The van der Waals surface area contributed by atoms with Crippen molar-refractivity contribution in [3.63, 3.8) is 0 Å². The van der Waals surface area contributed by atoms with Gasteiger partial charge in [0, 0.05) is 54.6 Å². The van der Waals surface area contributed by atoms with E-state index in [0.717, 1.165) is 61.7 Å². The number of nitrogens with one attached hydrogen (secondary N) is 3. The fourth-order valence-electron chi connectivity index (χ4n) is 6.77. The number of aromatic nitrogens is 1. The van der Waals surface area contributed by atoms with Gasteiger partial charge in [0.15, 0.2) is 5.11 Å². The van der Waals surface area contributed by atoms with Gasteiger partial charge in [0.1, 0.15) is 0 Å². The molecule has 1 aromatic heterocycles. The van der Waals surface area contributed by atoms with E-state index in [2.05, 4.69) is 59.0 Å². The van der Waals surface area contributed by atoms with E-state index in [0.29, 0.717) is 16.6 Å². The predicted octanol–water partition coefficient (Wildman–Crippen LogP) is 5.96. The second kappa shape index (κ2) is 11.7. The SMILES string of the molecule is Cc1ccc(NC(=S)Nc2cc(C(=O)NC3CCCCC3)ccc2N2CC3CC(C2)c2cccc(=O)n2C3)cc1C. The van der Waals surface area contributed by atoms with E-state index in [4.69, 9.17) is 12.2 Å². The van der Waals surface area contributed by atoms with Gasteiger partial charge in [-0.05, 0) is 98.8 Å². The zero-order valence-electron chi connectivity index (χ0n) is 23.9. The molecular weight excluding hydrogens is 530 g/mol. The molecule has 6 rings (SSSR count). The molecule has 2 fully saturated rings. The summed E-state index contributed by atoms with van der Waals surface area (Å²) in [6, 6.07) is 18.0. The van der Waals surface area contributed by atoms with Crippen molar-refractivity contribution in [2.75, 3.05) is 28.6 Å². The molecule has 2 aromatic carbocycles.